The quantitative estimate of drug-likeness (QED) is 0.634. The van der Waals surface area contributed by atoms with E-state index in [0.717, 1.165) is 13.0 Å². The number of aromatic nitrogens is 1. The van der Waals surface area contributed by atoms with Crippen LogP contribution in [0, 0.1) is 0 Å². The summed E-state index contributed by atoms with van der Waals surface area (Å²) in [6.07, 6.45) is 1.69. The van der Waals surface area contributed by atoms with E-state index in [4.69, 9.17) is 17.3 Å². The van der Waals surface area contributed by atoms with Crippen molar-refractivity contribution in [2.45, 2.75) is 26.2 Å². The number of amides is 2. The minimum atomic E-state index is -0.388. The first-order chi connectivity index (χ1) is 9.54. The molecule has 0 spiro atoms. The zero-order chi connectivity index (χ0) is 15.0. The molecule has 2 amide bonds. The van der Waals surface area contributed by atoms with Gasteiger partial charge in [0, 0.05) is 19.5 Å². The number of carbonyl (C=O) groups is 2. The van der Waals surface area contributed by atoms with Gasteiger partial charge in [-0.15, -0.1) is 0 Å². The predicted molar refractivity (Wildman–Crippen MR) is 78.8 cm³/mol. The van der Waals surface area contributed by atoms with Gasteiger partial charge in [-0.25, -0.2) is 4.98 Å². The van der Waals surface area contributed by atoms with Crippen LogP contribution in [0.1, 0.15) is 36.7 Å². The number of rotatable bonds is 8. The van der Waals surface area contributed by atoms with Crippen LogP contribution in [-0.2, 0) is 4.79 Å². The maximum Gasteiger partial charge on any atom is 0.271 e. The van der Waals surface area contributed by atoms with E-state index in [1.54, 1.807) is 12.1 Å². The summed E-state index contributed by atoms with van der Waals surface area (Å²) < 4.78 is 0. The molecule has 0 radical (unpaired) electrons. The predicted octanol–water partition coefficient (Wildman–Crippen LogP) is 1.55. The molecule has 20 heavy (non-hydrogen) atoms. The molecule has 0 aliphatic rings. The number of primary amides is 1. The Bertz CT molecular complexity index is 479. The Morgan fingerprint density at radius 1 is 1.35 bits per heavy atom. The SMILES string of the molecule is CCCNc1ccc(Cl)c(C(=O)NCCCC(N)=O)n1. The largest absolute Gasteiger partial charge is 0.370 e. The molecule has 1 heterocycles. The molecule has 6 nitrogen and oxygen atoms in total. The maximum absolute atomic E-state index is 11.9. The first-order valence-electron chi connectivity index (χ1n) is 6.51. The van der Waals surface area contributed by atoms with Gasteiger partial charge in [0.25, 0.3) is 5.91 Å². The van der Waals surface area contributed by atoms with Crippen molar-refractivity contribution in [2.24, 2.45) is 5.73 Å². The summed E-state index contributed by atoms with van der Waals surface area (Å²) in [6.45, 7) is 3.16. The topological polar surface area (TPSA) is 97.1 Å². The van der Waals surface area contributed by atoms with E-state index < -0.39 is 0 Å². The Morgan fingerprint density at radius 3 is 2.75 bits per heavy atom. The summed E-state index contributed by atoms with van der Waals surface area (Å²) in [5, 5.41) is 6.04. The number of carbonyl (C=O) groups excluding carboxylic acids is 2. The van der Waals surface area contributed by atoms with Crippen LogP contribution in [0.2, 0.25) is 5.02 Å². The third-order valence-corrected chi connectivity index (χ3v) is 2.81. The molecule has 0 fully saturated rings. The molecule has 7 heteroatoms. The molecule has 4 N–H and O–H groups in total. The van der Waals surface area contributed by atoms with Gasteiger partial charge in [-0.1, -0.05) is 18.5 Å². The molecule has 0 atom stereocenters. The molecule has 0 aliphatic carbocycles. The van der Waals surface area contributed by atoms with Crippen molar-refractivity contribution in [3.8, 4) is 0 Å². The van der Waals surface area contributed by atoms with Gasteiger partial charge in [0.15, 0.2) is 0 Å². The fourth-order valence-corrected chi connectivity index (χ4v) is 1.69. The number of anilines is 1. The van der Waals surface area contributed by atoms with Gasteiger partial charge in [0.05, 0.1) is 5.02 Å². The molecular weight excluding hydrogens is 280 g/mol. The second-order valence-electron chi connectivity index (χ2n) is 4.28. The van der Waals surface area contributed by atoms with Crippen molar-refractivity contribution in [3.05, 3.63) is 22.8 Å². The van der Waals surface area contributed by atoms with E-state index in [1.165, 1.54) is 0 Å². The zero-order valence-corrected chi connectivity index (χ0v) is 12.2. The first kappa shape index (κ1) is 16.2. The van der Waals surface area contributed by atoms with Crippen molar-refractivity contribution in [1.82, 2.24) is 10.3 Å². The van der Waals surface area contributed by atoms with E-state index in [0.29, 0.717) is 23.8 Å². The third kappa shape index (κ3) is 5.44. The van der Waals surface area contributed by atoms with Crippen LogP contribution in [0.3, 0.4) is 0 Å². The van der Waals surface area contributed by atoms with Gasteiger partial charge in [-0.3, -0.25) is 9.59 Å². The number of pyridine rings is 1. The minimum absolute atomic E-state index is 0.173. The molecule has 1 aromatic rings. The van der Waals surface area contributed by atoms with E-state index >= 15 is 0 Å². The smallest absolute Gasteiger partial charge is 0.271 e. The Kier molecular flexibility index (Phi) is 6.79. The summed E-state index contributed by atoms with van der Waals surface area (Å²) in [7, 11) is 0. The molecule has 0 aromatic carbocycles. The van der Waals surface area contributed by atoms with Crippen LogP contribution in [-0.4, -0.2) is 29.9 Å². The lowest BCUT2D eigenvalue weighted by molar-refractivity contribution is -0.118. The number of nitrogens with one attached hydrogen (secondary N) is 2. The fraction of sp³-hybridized carbons (Fsp3) is 0.462. The van der Waals surface area contributed by atoms with E-state index in [2.05, 4.69) is 15.6 Å². The van der Waals surface area contributed by atoms with Crippen molar-refractivity contribution in [1.29, 1.82) is 0 Å². The number of halogens is 1. The average molecular weight is 299 g/mol. The van der Waals surface area contributed by atoms with Crippen LogP contribution in [0.5, 0.6) is 0 Å². The van der Waals surface area contributed by atoms with Gasteiger partial charge >= 0.3 is 0 Å². The standard InChI is InChI=1S/C13H19ClN4O2/c1-2-7-16-11-6-5-9(14)12(18-11)13(20)17-8-3-4-10(15)19/h5-6H,2-4,7-8H2,1H3,(H2,15,19)(H,16,18)(H,17,20). The molecular formula is C13H19ClN4O2. The molecule has 1 rings (SSSR count). The molecule has 0 saturated heterocycles. The second-order valence-corrected chi connectivity index (χ2v) is 4.69. The fourth-order valence-electron chi connectivity index (χ4n) is 1.50. The van der Waals surface area contributed by atoms with Crippen molar-refractivity contribution in [3.63, 3.8) is 0 Å². The summed E-state index contributed by atoms with van der Waals surface area (Å²) in [4.78, 5) is 26.7. The highest BCUT2D eigenvalue weighted by atomic mass is 35.5. The monoisotopic (exact) mass is 298 g/mol. The second kappa shape index (κ2) is 8.37. The zero-order valence-electron chi connectivity index (χ0n) is 11.4. The molecule has 110 valence electrons. The van der Waals surface area contributed by atoms with Gasteiger partial charge in [-0.2, -0.15) is 0 Å². The lowest BCUT2D eigenvalue weighted by Crippen LogP contribution is -2.27. The lowest BCUT2D eigenvalue weighted by atomic mass is 10.3. The van der Waals surface area contributed by atoms with Crippen LogP contribution < -0.4 is 16.4 Å². The Labute approximate surface area is 123 Å². The van der Waals surface area contributed by atoms with Crippen molar-refractivity contribution >= 4 is 29.2 Å². The number of hydrogen-bond acceptors (Lipinski definition) is 4. The number of nitrogens with two attached hydrogens (primary N) is 1. The third-order valence-electron chi connectivity index (χ3n) is 2.50. The molecule has 0 aliphatic heterocycles. The summed E-state index contributed by atoms with van der Waals surface area (Å²) in [5.41, 5.74) is 5.19. The Morgan fingerprint density at radius 2 is 2.10 bits per heavy atom. The molecule has 0 bridgehead atoms. The summed E-state index contributed by atoms with van der Waals surface area (Å²) in [6, 6.07) is 3.35. The van der Waals surface area contributed by atoms with Crippen LogP contribution in [0.15, 0.2) is 12.1 Å². The van der Waals surface area contributed by atoms with Crippen LogP contribution >= 0.6 is 11.6 Å². The number of hydrogen-bond donors (Lipinski definition) is 3. The van der Waals surface area contributed by atoms with Gasteiger partial charge in [-0.05, 0) is 25.0 Å². The van der Waals surface area contributed by atoms with Gasteiger partial charge < -0.3 is 16.4 Å². The van der Waals surface area contributed by atoms with Crippen molar-refractivity contribution < 1.29 is 9.59 Å². The lowest BCUT2D eigenvalue weighted by Gasteiger charge is -2.08. The highest BCUT2D eigenvalue weighted by Crippen LogP contribution is 2.16. The van der Waals surface area contributed by atoms with Crippen LogP contribution in [0.4, 0.5) is 5.82 Å². The van der Waals surface area contributed by atoms with Crippen molar-refractivity contribution in [2.75, 3.05) is 18.4 Å². The molecule has 0 unspecified atom stereocenters. The highest BCUT2D eigenvalue weighted by molar-refractivity contribution is 6.33. The molecule has 1 aromatic heterocycles. The first-order valence-corrected chi connectivity index (χ1v) is 6.89. The highest BCUT2D eigenvalue weighted by Gasteiger charge is 2.12. The average Bonchev–Trinajstić information content (AvgIpc) is 2.42. The van der Waals surface area contributed by atoms with E-state index in [1.807, 2.05) is 6.92 Å². The Hall–Kier alpha value is -1.82. The van der Waals surface area contributed by atoms with Gasteiger partial charge in [0.1, 0.15) is 11.5 Å². The van der Waals surface area contributed by atoms with Crippen LogP contribution in [0.25, 0.3) is 0 Å². The normalized spacial score (nSPS) is 10.1. The molecule has 0 saturated carbocycles. The summed E-state index contributed by atoms with van der Waals surface area (Å²) in [5.74, 6) is -0.140. The maximum atomic E-state index is 11.9. The minimum Gasteiger partial charge on any atom is -0.370 e. The van der Waals surface area contributed by atoms with E-state index in [-0.39, 0.29) is 23.9 Å². The Balaban J connectivity index is 2.59. The summed E-state index contributed by atoms with van der Waals surface area (Å²) >= 11 is 5.96. The van der Waals surface area contributed by atoms with Gasteiger partial charge in [0.2, 0.25) is 5.91 Å². The number of nitrogens with zero attached hydrogens (tertiary/aromatic N) is 1. The van der Waals surface area contributed by atoms with E-state index in [9.17, 15) is 9.59 Å².